The molecule has 0 unspecified atom stereocenters. The third-order valence-electron chi connectivity index (χ3n) is 2.19. The molecule has 5 N–H and O–H groups in total. The lowest BCUT2D eigenvalue weighted by atomic mass is 9.99. The third-order valence-corrected chi connectivity index (χ3v) is 2.19. The maximum Gasteiger partial charge on any atom is 0.188 e. The fourth-order valence-electron chi connectivity index (χ4n) is 1.48. The lowest BCUT2D eigenvalue weighted by molar-refractivity contribution is 0.260. The molecule has 4 heteroatoms. The van der Waals surface area contributed by atoms with Gasteiger partial charge in [-0.1, -0.05) is 0 Å². The smallest absolute Gasteiger partial charge is 0.188 e. The van der Waals surface area contributed by atoms with Crippen molar-refractivity contribution in [2.75, 3.05) is 19.6 Å². The van der Waals surface area contributed by atoms with Gasteiger partial charge in [0.05, 0.1) is 0 Å². The van der Waals surface area contributed by atoms with Crippen molar-refractivity contribution in [1.82, 2.24) is 4.90 Å². The summed E-state index contributed by atoms with van der Waals surface area (Å²) in [6.07, 6.45) is 2.29. The Morgan fingerprint density at radius 1 is 1.64 bits per heavy atom. The zero-order valence-corrected chi connectivity index (χ0v) is 6.71. The van der Waals surface area contributed by atoms with Crippen LogP contribution < -0.4 is 11.5 Å². The summed E-state index contributed by atoms with van der Waals surface area (Å²) >= 11 is 0. The van der Waals surface area contributed by atoms with E-state index in [0.717, 1.165) is 19.5 Å². The standard InChI is InChI=1S/C7H16N4/c8-4-6-2-1-3-11(5-6)7(9)10/h6H,1-5,8H2,(H3,9,10)/t6-/m0/s1. The van der Waals surface area contributed by atoms with E-state index < -0.39 is 0 Å². The molecule has 0 aliphatic carbocycles. The molecule has 1 atom stereocenters. The highest BCUT2D eigenvalue weighted by Gasteiger charge is 2.18. The Balaban J connectivity index is 2.39. The van der Waals surface area contributed by atoms with E-state index >= 15 is 0 Å². The Bertz CT molecular complexity index is 145. The largest absolute Gasteiger partial charge is 0.370 e. The highest BCUT2D eigenvalue weighted by atomic mass is 15.2. The van der Waals surface area contributed by atoms with E-state index in [9.17, 15) is 0 Å². The molecule has 1 rings (SSSR count). The van der Waals surface area contributed by atoms with Gasteiger partial charge in [-0.15, -0.1) is 0 Å². The zero-order valence-electron chi connectivity index (χ0n) is 6.71. The van der Waals surface area contributed by atoms with Crippen LogP contribution in [0.1, 0.15) is 12.8 Å². The van der Waals surface area contributed by atoms with Crippen molar-refractivity contribution in [2.24, 2.45) is 17.4 Å². The molecule has 1 aliphatic rings. The number of nitrogens with one attached hydrogen (secondary N) is 1. The molecule has 1 heterocycles. The van der Waals surface area contributed by atoms with Crippen LogP contribution in [0.2, 0.25) is 0 Å². The second-order valence-corrected chi connectivity index (χ2v) is 3.08. The lowest BCUT2D eigenvalue weighted by Gasteiger charge is -2.32. The maximum absolute atomic E-state index is 7.22. The zero-order chi connectivity index (χ0) is 8.27. The second kappa shape index (κ2) is 3.57. The van der Waals surface area contributed by atoms with Crippen LogP contribution in [0.15, 0.2) is 0 Å². The Kier molecular flexibility index (Phi) is 2.70. The molecule has 11 heavy (non-hydrogen) atoms. The number of piperidine rings is 1. The van der Waals surface area contributed by atoms with Crippen molar-refractivity contribution in [1.29, 1.82) is 5.41 Å². The summed E-state index contributed by atoms with van der Waals surface area (Å²) in [5.41, 5.74) is 10.9. The molecular weight excluding hydrogens is 140 g/mol. The molecule has 1 saturated heterocycles. The van der Waals surface area contributed by atoms with E-state index in [1.165, 1.54) is 6.42 Å². The van der Waals surface area contributed by atoms with Crippen molar-refractivity contribution >= 4 is 5.96 Å². The molecule has 1 aliphatic heterocycles. The summed E-state index contributed by atoms with van der Waals surface area (Å²) in [5.74, 6) is 0.718. The minimum absolute atomic E-state index is 0.183. The molecule has 64 valence electrons. The predicted molar refractivity (Wildman–Crippen MR) is 45.3 cm³/mol. The minimum atomic E-state index is 0.183. The molecule has 1 fully saturated rings. The van der Waals surface area contributed by atoms with Crippen molar-refractivity contribution in [2.45, 2.75) is 12.8 Å². The number of nitrogens with zero attached hydrogens (tertiary/aromatic N) is 1. The number of hydrogen-bond acceptors (Lipinski definition) is 2. The van der Waals surface area contributed by atoms with Gasteiger partial charge in [0.1, 0.15) is 0 Å². The van der Waals surface area contributed by atoms with Gasteiger partial charge in [0, 0.05) is 13.1 Å². The Morgan fingerprint density at radius 2 is 2.36 bits per heavy atom. The van der Waals surface area contributed by atoms with Gasteiger partial charge in [-0.3, -0.25) is 5.41 Å². The van der Waals surface area contributed by atoms with Gasteiger partial charge in [-0.05, 0) is 25.3 Å². The van der Waals surface area contributed by atoms with Gasteiger partial charge < -0.3 is 16.4 Å². The predicted octanol–water partition coefficient (Wildman–Crippen LogP) is -0.449. The quantitative estimate of drug-likeness (QED) is 0.355. The van der Waals surface area contributed by atoms with Crippen LogP contribution >= 0.6 is 0 Å². The van der Waals surface area contributed by atoms with Crippen LogP contribution in [-0.2, 0) is 0 Å². The first-order valence-electron chi connectivity index (χ1n) is 4.03. The van der Waals surface area contributed by atoms with E-state index in [2.05, 4.69) is 0 Å². The van der Waals surface area contributed by atoms with Crippen LogP contribution in [0, 0.1) is 11.3 Å². The molecular formula is C7H16N4. The fourth-order valence-corrected chi connectivity index (χ4v) is 1.48. The Hall–Kier alpha value is -0.770. The summed E-state index contributed by atoms with van der Waals surface area (Å²) in [5, 5.41) is 7.22. The van der Waals surface area contributed by atoms with Crippen LogP contribution in [-0.4, -0.2) is 30.5 Å². The number of hydrogen-bond donors (Lipinski definition) is 3. The second-order valence-electron chi connectivity index (χ2n) is 3.08. The monoisotopic (exact) mass is 156 g/mol. The van der Waals surface area contributed by atoms with Gasteiger partial charge >= 0.3 is 0 Å². The molecule has 0 saturated carbocycles. The van der Waals surface area contributed by atoms with Crippen LogP contribution in [0.5, 0.6) is 0 Å². The van der Waals surface area contributed by atoms with Crippen LogP contribution in [0.25, 0.3) is 0 Å². The van der Waals surface area contributed by atoms with Gasteiger partial charge in [0.2, 0.25) is 0 Å². The highest BCUT2D eigenvalue weighted by Crippen LogP contribution is 2.13. The molecule has 0 spiro atoms. The van der Waals surface area contributed by atoms with E-state index in [1.54, 1.807) is 0 Å². The third kappa shape index (κ3) is 2.08. The highest BCUT2D eigenvalue weighted by molar-refractivity contribution is 5.74. The van der Waals surface area contributed by atoms with E-state index in [4.69, 9.17) is 16.9 Å². The molecule has 0 aromatic heterocycles. The number of nitrogens with two attached hydrogens (primary N) is 2. The lowest BCUT2D eigenvalue weighted by Crippen LogP contribution is -2.45. The van der Waals surface area contributed by atoms with Gasteiger partial charge in [0.15, 0.2) is 5.96 Å². The SMILES string of the molecule is N=C(N)N1CCC[C@@H](CN)C1. The summed E-state index contributed by atoms with van der Waals surface area (Å²) in [4.78, 5) is 1.89. The first kappa shape index (κ1) is 8.33. The normalized spacial score (nSPS) is 25.2. The number of likely N-dealkylation sites (tertiary alicyclic amines) is 1. The fraction of sp³-hybridized carbons (Fsp3) is 0.857. The molecule has 0 aromatic rings. The molecule has 0 amide bonds. The topological polar surface area (TPSA) is 79.1 Å². The summed E-state index contributed by atoms with van der Waals surface area (Å²) in [6.45, 7) is 2.50. The molecule has 0 bridgehead atoms. The molecule has 0 radical (unpaired) electrons. The van der Waals surface area contributed by atoms with Gasteiger partial charge in [-0.2, -0.15) is 0 Å². The van der Waals surface area contributed by atoms with E-state index in [1.807, 2.05) is 4.90 Å². The minimum Gasteiger partial charge on any atom is -0.370 e. The summed E-state index contributed by atoms with van der Waals surface area (Å²) in [7, 11) is 0. The van der Waals surface area contributed by atoms with E-state index in [-0.39, 0.29) is 5.96 Å². The molecule has 0 aromatic carbocycles. The van der Waals surface area contributed by atoms with Crippen LogP contribution in [0.3, 0.4) is 0 Å². The van der Waals surface area contributed by atoms with Gasteiger partial charge in [-0.25, -0.2) is 0 Å². The number of guanidine groups is 1. The van der Waals surface area contributed by atoms with Crippen molar-refractivity contribution in [3.8, 4) is 0 Å². The summed E-state index contributed by atoms with van der Waals surface area (Å²) < 4.78 is 0. The van der Waals surface area contributed by atoms with E-state index in [0.29, 0.717) is 12.5 Å². The van der Waals surface area contributed by atoms with Crippen molar-refractivity contribution < 1.29 is 0 Å². The summed E-state index contributed by atoms with van der Waals surface area (Å²) in [6, 6.07) is 0. The Labute approximate surface area is 67.0 Å². The average Bonchev–Trinajstić information content (AvgIpc) is 2.05. The number of rotatable bonds is 1. The van der Waals surface area contributed by atoms with Gasteiger partial charge in [0.25, 0.3) is 0 Å². The average molecular weight is 156 g/mol. The first-order valence-corrected chi connectivity index (χ1v) is 4.03. The first-order chi connectivity index (χ1) is 5.24. The van der Waals surface area contributed by atoms with Crippen molar-refractivity contribution in [3.63, 3.8) is 0 Å². The maximum atomic E-state index is 7.22. The van der Waals surface area contributed by atoms with Crippen LogP contribution in [0.4, 0.5) is 0 Å². The van der Waals surface area contributed by atoms with Crippen molar-refractivity contribution in [3.05, 3.63) is 0 Å². The Morgan fingerprint density at radius 3 is 2.91 bits per heavy atom. The molecule has 4 nitrogen and oxygen atoms in total.